The lowest BCUT2D eigenvalue weighted by molar-refractivity contribution is 0.181. The molecule has 5 heteroatoms. The van der Waals surface area contributed by atoms with Crippen LogP contribution in [0.4, 0.5) is 0 Å². The van der Waals surface area contributed by atoms with Crippen molar-refractivity contribution in [1.29, 1.82) is 0 Å². The Morgan fingerprint density at radius 3 is 2.62 bits per heavy atom. The first-order chi connectivity index (χ1) is 7.54. The van der Waals surface area contributed by atoms with Crippen LogP contribution < -0.4 is 5.73 Å². The minimum absolute atomic E-state index is 0.0421. The molecule has 0 radical (unpaired) electrons. The van der Waals surface area contributed by atoms with Gasteiger partial charge in [0.2, 0.25) is 0 Å². The predicted octanol–water partition coefficient (Wildman–Crippen LogP) is 2.95. The highest BCUT2D eigenvalue weighted by atomic mass is 32.2. The lowest BCUT2D eigenvalue weighted by Crippen LogP contribution is -2.06. The van der Waals surface area contributed by atoms with Crippen LogP contribution in [-0.2, 0) is 17.1 Å². The second-order valence-corrected chi connectivity index (χ2v) is 6.68. The maximum Gasteiger partial charge on any atom is 0.103 e. The second-order valence-electron chi connectivity index (χ2n) is 4.00. The molecular weight excluding hydrogens is 240 g/mol. The Hall–Kier alpha value is -0.100. The highest BCUT2D eigenvalue weighted by Crippen LogP contribution is 2.28. The van der Waals surface area contributed by atoms with Gasteiger partial charge in [0.25, 0.3) is 0 Å². The summed E-state index contributed by atoms with van der Waals surface area (Å²) in [5, 5.41) is 1.78. The van der Waals surface area contributed by atoms with E-state index in [1.165, 1.54) is 0 Å². The third kappa shape index (κ3) is 4.05. The highest BCUT2D eigenvalue weighted by Gasteiger charge is 2.14. The van der Waals surface area contributed by atoms with Crippen molar-refractivity contribution in [2.24, 2.45) is 5.73 Å². The molecule has 92 valence electrons. The van der Waals surface area contributed by atoms with E-state index >= 15 is 0 Å². The van der Waals surface area contributed by atoms with Crippen molar-refractivity contribution in [3.05, 3.63) is 15.6 Å². The normalized spacial score (nSPS) is 13.4. The van der Waals surface area contributed by atoms with E-state index in [0.717, 1.165) is 21.3 Å². The number of aromatic nitrogens is 1. The Bertz CT molecular complexity index is 324. The fourth-order valence-corrected chi connectivity index (χ4v) is 3.11. The van der Waals surface area contributed by atoms with Gasteiger partial charge in [-0.1, -0.05) is 13.8 Å². The van der Waals surface area contributed by atoms with Crippen LogP contribution in [-0.4, -0.2) is 17.3 Å². The summed E-state index contributed by atoms with van der Waals surface area (Å²) in [7, 11) is 1.69. The number of hydrogen-bond donors (Lipinski definition) is 1. The van der Waals surface area contributed by atoms with E-state index in [9.17, 15) is 0 Å². The quantitative estimate of drug-likeness (QED) is 0.854. The molecule has 16 heavy (non-hydrogen) atoms. The molecule has 0 aliphatic carbocycles. The number of thioether (sulfide) groups is 1. The minimum Gasteiger partial charge on any atom is -0.378 e. The lowest BCUT2D eigenvalue weighted by atomic mass is 10.2. The molecule has 0 bridgehead atoms. The lowest BCUT2D eigenvalue weighted by Gasteiger charge is -2.03. The van der Waals surface area contributed by atoms with Crippen LogP contribution in [0.2, 0.25) is 0 Å². The summed E-state index contributed by atoms with van der Waals surface area (Å²) in [5.74, 6) is 0.964. The SMILES string of the molecule is COCc1nc(CSC(C)C)sc1C(C)N. The van der Waals surface area contributed by atoms with Gasteiger partial charge in [-0.05, 0) is 12.2 Å². The van der Waals surface area contributed by atoms with E-state index in [1.54, 1.807) is 18.4 Å². The van der Waals surface area contributed by atoms with Gasteiger partial charge in [0.1, 0.15) is 5.01 Å². The molecular formula is C11H20N2OS2. The first kappa shape index (κ1) is 14.0. The van der Waals surface area contributed by atoms with Crippen LogP contribution in [0.25, 0.3) is 0 Å². The van der Waals surface area contributed by atoms with Crippen LogP contribution in [0.5, 0.6) is 0 Å². The van der Waals surface area contributed by atoms with Crippen molar-refractivity contribution >= 4 is 23.1 Å². The molecule has 0 saturated heterocycles. The molecule has 1 aromatic rings. The van der Waals surface area contributed by atoms with E-state index in [4.69, 9.17) is 10.5 Å². The van der Waals surface area contributed by atoms with Crippen LogP contribution in [0.3, 0.4) is 0 Å². The monoisotopic (exact) mass is 260 g/mol. The first-order valence-corrected chi connectivity index (χ1v) is 7.25. The van der Waals surface area contributed by atoms with Gasteiger partial charge >= 0.3 is 0 Å². The van der Waals surface area contributed by atoms with Crippen molar-refractivity contribution in [2.45, 2.75) is 44.4 Å². The fraction of sp³-hybridized carbons (Fsp3) is 0.727. The molecule has 0 aliphatic heterocycles. The summed E-state index contributed by atoms with van der Waals surface area (Å²) in [6.07, 6.45) is 0. The Morgan fingerprint density at radius 2 is 2.12 bits per heavy atom. The van der Waals surface area contributed by atoms with E-state index in [-0.39, 0.29) is 6.04 Å². The zero-order valence-electron chi connectivity index (χ0n) is 10.3. The molecule has 0 saturated carbocycles. The molecule has 3 nitrogen and oxygen atoms in total. The number of ether oxygens (including phenoxy) is 1. The van der Waals surface area contributed by atoms with Crippen LogP contribution >= 0.6 is 23.1 Å². The van der Waals surface area contributed by atoms with Gasteiger partial charge in [-0.25, -0.2) is 4.98 Å². The molecule has 1 heterocycles. The largest absolute Gasteiger partial charge is 0.378 e. The molecule has 1 unspecified atom stereocenters. The van der Waals surface area contributed by atoms with E-state index in [2.05, 4.69) is 18.8 Å². The summed E-state index contributed by atoms with van der Waals surface area (Å²) in [5.41, 5.74) is 6.92. The molecule has 1 atom stereocenters. The average molecular weight is 260 g/mol. The number of nitrogens with two attached hydrogens (primary N) is 1. The standard InChI is InChI=1S/C11H20N2OS2/c1-7(2)15-6-10-13-9(5-14-4)11(16-10)8(3)12/h7-8H,5-6,12H2,1-4H3. The molecule has 0 spiro atoms. The molecule has 1 aromatic heterocycles. The third-order valence-corrected chi connectivity index (χ3v) is 4.59. The number of methoxy groups -OCH3 is 1. The highest BCUT2D eigenvalue weighted by molar-refractivity contribution is 7.99. The predicted molar refractivity (Wildman–Crippen MR) is 71.9 cm³/mol. The average Bonchev–Trinajstić information content (AvgIpc) is 2.59. The minimum atomic E-state index is 0.0421. The smallest absolute Gasteiger partial charge is 0.103 e. The third-order valence-electron chi connectivity index (χ3n) is 2.01. The van der Waals surface area contributed by atoms with Gasteiger partial charge < -0.3 is 10.5 Å². The fourth-order valence-electron chi connectivity index (χ4n) is 1.31. The van der Waals surface area contributed by atoms with Crippen LogP contribution in [0.1, 0.15) is 42.4 Å². The maximum absolute atomic E-state index is 5.92. The zero-order chi connectivity index (χ0) is 12.1. The second kappa shape index (κ2) is 6.59. The molecule has 0 fully saturated rings. The Morgan fingerprint density at radius 1 is 1.44 bits per heavy atom. The summed E-state index contributed by atoms with van der Waals surface area (Å²) in [6, 6.07) is 0.0421. The van der Waals surface area contributed by atoms with E-state index in [0.29, 0.717) is 11.9 Å². The Balaban J connectivity index is 2.75. The van der Waals surface area contributed by atoms with Crippen molar-refractivity contribution in [2.75, 3.05) is 7.11 Å². The van der Waals surface area contributed by atoms with Gasteiger partial charge in [0.15, 0.2) is 0 Å². The van der Waals surface area contributed by atoms with Crippen molar-refractivity contribution in [1.82, 2.24) is 4.98 Å². The van der Waals surface area contributed by atoms with E-state index < -0.39 is 0 Å². The van der Waals surface area contributed by atoms with Gasteiger partial charge in [0, 0.05) is 23.8 Å². The molecule has 0 aliphatic rings. The summed E-state index contributed by atoms with van der Waals surface area (Å²) in [4.78, 5) is 5.74. The number of thiazole rings is 1. The summed E-state index contributed by atoms with van der Waals surface area (Å²) >= 11 is 3.62. The van der Waals surface area contributed by atoms with E-state index in [1.807, 2.05) is 18.7 Å². The van der Waals surface area contributed by atoms with Crippen LogP contribution in [0.15, 0.2) is 0 Å². The number of nitrogens with zero attached hydrogens (tertiary/aromatic N) is 1. The van der Waals surface area contributed by atoms with Gasteiger partial charge in [-0.15, -0.1) is 11.3 Å². The number of rotatable bonds is 6. The number of hydrogen-bond acceptors (Lipinski definition) is 5. The van der Waals surface area contributed by atoms with Crippen molar-refractivity contribution in [3.8, 4) is 0 Å². The Kier molecular flexibility index (Phi) is 5.75. The van der Waals surface area contributed by atoms with Gasteiger partial charge in [0.05, 0.1) is 12.3 Å². The molecule has 0 amide bonds. The topological polar surface area (TPSA) is 48.1 Å². The summed E-state index contributed by atoms with van der Waals surface area (Å²) < 4.78 is 5.14. The maximum atomic E-state index is 5.92. The first-order valence-electron chi connectivity index (χ1n) is 5.39. The zero-order valence-corrected chi connectivity index (χ0v) is 12.0. The Labute approximate surface area is 106 Å². The van der Waals surface area contributed by atoms with Gasteiger partial charge in [-0.2, -0.15) is 11.8 Å². The molecule has 0 aromatic carbocycles. The van der Waals surface area contributed by atoms with Gasteiger partial charge in [-0.3, -0.25) is 0 Å². The van der Waals surface area contributed by atoms with Crippen molar-refractivity contribution < 1.29 is 4.74 Å². The van der Waals surface area contributed by atoms with Crippen LogP contribution in [0, 0.1) is 0 Å². The molecule has 1 rings (SSSR count). The molecule has 2 N–H and O–H groups in total. The van der Waals surface area contributed by atoms with Crippen molar-refractivity contribution in [3.63, 3.8) is 0 Å². The summed E-state index contributed by atoms with van der Waals surface area (Å²) in [6.45, 7) is 6.94.